The van der Waals surface area contributed by atoms with Crippen LogP contribution in [0.4, 0.5) is 5.69 Å². The molecule has 1 atom stereocenters. The first-order valence-electron chi connectivity index (χ1n) is 10.5. The van der Waals surface area contributed by atoms with E-state index in [9.17, 15) is 4.79 Å². The topological polar surface area (TPSA) is 50.8 Å². The van der Waals surface area contributed by atoms with Gasteiger partial charge in [0.15, 0.2) is 0 Å². The SMILES string of the molecule is CCCO[C@@](C)(CCC)C(=O)Nc1ccc(OCCCN2CCCC2)cc1. The summed E-state index contributed by atoms with van der Waals surface area (Å²) in [4.78, 5) is 15.2. The van der Waals surface area contributed by atoms with Crippen LogP contribution in [0.15, 0.2) is 24.3 Å². The highest BCUT2D eigenvalue weighted by Gasteiger charge is 2.33. The van der Waals surface area contributed by atoms with Crippen LogP contribution in [0, 0.1) is 0 Å². The quantitative estimate of drug-likeness (QED) is 0.547. The van der Waals surface area contributed by atoms with Gasteiger partial charge in [-0.1, -0.05) is 20.3 Å². The summed E-state index contributed by atoms with van der Waals surface area (Å²) in [5.41, 5.74) is -0.0120. The molecule has 1 heterocycles. The normalized spacial score (nSPS) is 16.9. The fourth-order valence-corrected chi connectivity index (χ4v) is 3.44. The number of hydrogen-bond acceptors (Lipinski definition) is 4. The number of nitrogens with one attached hydrogen (secondary N) is 1. The third kappa shape index (κ3) is 7.15. The first-order valence-corrected chi connectivity index (χ1v) is 10.5. The second-order valence-corrected chi connectivity index (χ2v) is 7.56. The molecular weight excluding hydrogens is 340 g/mol. The number of nitrogens with zero attached hydrogens (tertiary/aromatic N) is 1. The molecule has 5 heteroatoms. The molecule has 0 aliphatic carbocycles. The summed E-state index contributed by atoms with van der Waals surface area (Å²) in [6, 6.07) is 7.60. The molecule has 1 aliphatic rings. The molecular formula is C22H36N2O3. The van der Waals surface area contributed by atoms with E-state index in [1.54, 1.807) is 0 Å². The number of amides is 1. The Hall–Kier alpha value is -1.59. The van der Waals surface area contributed by atoms with Crippen LogP contribution >= 0.6 is 0 Å². The summed E-state index contributed by atoms with van der Waals surface area (Å²) in [7, 11) is 0. The lowest BCUT2D eigenvalue weighted by atomic mass is 9.99. The van der Waals surface area contributed by atoms with Crippen LogP contribution in [0.25, 0.3) is 0 Å². The Balaban J connectivity index is 1.78. The molecule has 0 unspecified atom stereocenters. The van der Waals surface area contributed by atoms with Crippen molar-refractivity contribution in [3.8, 4) is 5.75 Å². The maximum absolute atomic E-state index is 12.7. The van der Waals surface area contributed by atoms with Gasteiger partial charge in [-0.15, -0.1) is 0 Å². The fourth-order valence-electron chi connectivity index (χ4n) is 3.44. The van der Waals surface area contributed by atoms with Gasteiger partial charge < -0.3 is 19.7 Å². The Bertz CT molecular complexity index is 555. The van der Waals surface area contributed by atoms with Crippen molar-refractivity contribution in [1.29, 1.82) is 0 Å². The predicted octanol–water partition coefficient (Wildman–Crippen LogP) is 4.48. The summed E-state index contributed by atoms with van der Waals surface area (Å²) in [5.74, 6) is 0.755. The second-order valence-electron chi connectivity index (χ2n) is 7.56. The van der Waals surface area contributed by atoms with E-state index in [-0.39, 0.29) is 5.91 Å². The highest BCUT2D eigenvalue weighted by molar-refractivity contribution is 5.97. The van der Waals surface area contributed by atoms with Gasteiger partial charge in [-0.25, -0.2) is 0 Å². The van der Waals surface area contributed by atoms with Crippen molar-refractivity contribution in [1.82, 2.24) is 4.90 Å². The van der Waals surface area contributed by atoms with Crippen LogP contribution in [0.5, 0.6) is 5.75 Å². The number of anilines is 1. The first-order chi connectivity index (χ1) is 13.1. The average Bonchev–Trinajstić information content (AvgIpc) is 3.18. The second kappa shape index (κ2) is 11.3. The molecule has 1 saturated heterocycles. The van der Waals surface area contributed by atoms with Crippen LogP contribution in [0.3, 0.4) is 0 Å². The molecule has 0 spiro atoms. The fraction of sp³-hybridized carbons (Fsp3) is 0.682. The van der Waals surface area contributed by atoms with E-state index in [4.69, 9.17) is 9.47 Å². The molecule has 1 fully saturated rings. The summed E-state index contributed by atoms with van der Waals surface area (Å²) in [6.45, 7) is 10.9. The average molecular weight is 377 g/mol. The predicted molar refractivity (Wildman–Crippen MR) is 110 cm³/mol. The molecule has 2 rings (SSSR count). The third-order valence-electron chi connectivity index (χ3n) is 5.03. The number of ether oxygens (including phenoxy) is 2. The molecule has 1 aliphatic heterocycles. The van der Waals surface area contributed by atoms with Gasteiger partial charge in [0.1, 0.15) is 11.4 Å². The van der Waals surface area contributed by atoms with Gasteiger partial charge in [0, 0.05) is 18.8 Å². The van der Waals surface area contributed by atoms with Crippen molar-refractivity contribution >= 4 is 11.6 Å². The van der Waals surface area contributed by atoms with Crippen molar-refractivity contribution in [2.75, 3.05) is 38.2 Å². The molecule has 0 saturated carbocycles. The van der Waals surface area contributed by atoms with Crippen molar-refractivity contribution in [3.63, 3.8) is 0 Å². The highest BCUT2D eigenvalue weighted by atomic mass is 16.5. The zero-order chi connectivity index (χ0) is 19.5. The molecule has 1 N–H and O–H groups in total. The van der Waals surface area contributed by atoms with E-state index in [0.29, 0.717) is 13.0 Å². The third-order valence-corrected chi connectivity index (χ3v) is 5.03. The van der Waals surface area contributed by atoms with Crippen molar-refractivity contribution in [3.05, 3.63) is 24.3 Å². The van der Waals surface area contributed by atoms with Gasteiger partial charge in [-0.3, -0.25) is 4.79 Å². The van der Waals surface area contributed by atoms with Crippen LogP contribution in [-0.4, -0.2) is 49.3 Å². The van der Waals surface area contributed by atoms with Crippen LogP contribution in [-0.2, 0) is 9.53 Å². The van der Waals surface area contributed by atoms with Gasteiger partial charge in [-0.05, 0) is 76.4 Å². The van der Waals surface area contributed by atoms with Crippen LogP contribution < -0.4 is 10.1 Å². The number of carbonyl (C=O) groups excluding carboxylic acids is 1. The first kappa shape index (κ1) is 21.7. The summed E-state index contributed by atoms with van der Waals surface area (Å²) >= 11 is 0. The van der Waals surface area contributed by atoms with Crippen LogP contribution in [0.2, 0.25) is 0 Å². The van der Waals surface area contributed by atoms with Gasteiger partial charge >= 0.3 is 0 Å². The Kier molecular flexibility index (Phi) is 9.08. The van der Waals surface area contributed by atoms with Gasteiger partial charge in [-0.2, -0.15) is 0 Å². The Morgan fingerprint density at radius 1 is 1.11 bits per heavy atom. The zero-order valence-electron chi connectivity index (χ0n) is 17.3. The van der Waals surface area contributed by atoms with E-state index < -0.39 is 5.60 Å². The summed E-state index contributed by atoms with van der Waals surface area (Å²) < 4.78 is 11.7. The molecule has 1 aromatic rings. The molecule has 27 heavy (non-hydrogen) atoms. The molecule has 5 nitrogen and oxygen atoms in total. The van der Waals surface area contributed by atoms with Gasteiger partial charge in [0.25, 0.3) is 5.91 Å². The van der Waals surface area contributed by atoms with Gasteiger partial charge in [0.2, 0.25) is 0 Å². The highest BCUT2D eigenvalue weighted by Crippen LogP contribution is 2.22. The maximum atomic E-state index is 12.7. The molecule has 0 bridgehead atoms. The monoisotopic (exact) mass is 376 g/mol. The lowest BCUT2D eigenvalue weighted by Gasteiger charge is -2.28. The van der Waals surface area contributed by atoms with E-state index in [1.807, 2.05) is 38.1 Å². The maximum Gasteiger partial charge on any atom is 0.256 e. The van der Waals surface area contributed by atoms with E-state index in [0.717, 1.165) is 43.9 Å². The minimum Gasteiger partial charge on any atom is -0.494 e. The van der Waals surface area contributed by atoms with Crippen molar-refractivity contribution < 1.29 is 14.3 Å². The Labute approximate surface area is 164 Å². The number of carbonyl (C=O) groups is 1. The lowest BCUT2D eigenvalue weighted by Crippen LogP contribution is -2.43. The summed E-state index contributed by atoms with van der Waals surface area (Å²) in [6.07, 6.45) is 6.21. The molecule has 152 valence electrons. The number of likely N-dealkylation sites (tertiary alicyclic amines) is 1. The summed E-state index contributed by atoms with van der Waals surface area (Å²) in [5, 5.41) is 2.98. The number of rotatable bonds is 12. The number of benzene rings is 1. The minimum atomic E-state index is -0.782. The minimum absolute atomic E-state index is 0.0860. The molecule has 0 aromatic heterocycles. The van der Waals surface area contributed by atoms with E-state index in [2.05, 4.69) is 17.1 Å². The standard InChI is InChI=1S/C22H36N2O3/c1-4-13-22(3,27-17-5-2)21(25)23-19-9-11-20(12-10-19)26-18-8-16-24-14-6-7-15-24/h9-12H,4-8,13-18H2,1-3H3,(H,23,25)/t22-/m0/s1. The Morgan fingerprint density at radius 3 is 2.44 bits per heavy atom. The van der Waals surface area contributed by atoms with Gasteiger partial charge in [0.05, 0.1) is 6.61 Å². The largest absolute Gasteiger partial charge is 0.494 e. The molecule has 1 amide bonds. The van der Waals surface area contributed by atoms with Crippen molar-refractivity contribution in [2.45, 2.75) is 64.9 Å². The van der Waals surface area contributed by atoms with E-state index >= 15 is 0 Å². The molecule has 0 radical (unpaired) electrons. The molecule has 1 aromatic carbocycles. The lowest BCUT2D eigenvalue weighted by molar-refractivity contribution is -0.140. The van der Waals surface area contributed by atoms with E-state index in [1.165, 1.54) is 25.9 Å². The van der Waals surface area contributed by atoms with Crippen molar-refractivity contribution in [2.24, 2.45) is 0 Å². The Morgan fingerprint density at radius 2 is 1.81 bits per heavy atom. The zero-order valence-corrected chi connectivity index (χ0v) is 17.3. The van der Waals surface area contributed by atoms with Crippen LogP contribution in [0.1, 0.15) is 59.3 Å². The number of hydrogen-bond donors (Lipinski definition) is 1. The smallest absolute Gasteiger partial charge is 0.256 e.